The highest BCUT2D eigenvalue weighted by molar-refractivity contribution is 5.96. The summed E-state index contributed by atoms with van der Waals surface area (Å²) in [7, 11) is 3.06. The highest BCUT2D eigenvalue weighted by Gasteiger charge is 2.30. The van der Waals surface area contributed by atoms with Gasteiger partial charge in [0, 0.05) is 25.2 Å². The second kappa shape index (κ2) is 6.03. The maximum Gasteiger partial charge on any atom is 0.337 e. The summed E-state index contributed by atoms with van der Waals surface area (Å²) in [4.78, 5) is 13.5. The van der Waals surface area contributed by atoms with Gasteiger partial charge in [-0.2, -0.15) is 0 Å². The van der Waals surface area contributed by atoms with Crippen LogP contribution in [0.2, 0.25) is 0 Å². The molecule has 5 heteroatoms. The topological polar surface area (TPSA) is 59.0 Å². The molecule has 20 heavy (non-hydrogen) atoms. The zero-order valence-electron chi connectivity index (χ0n) is 12.2. The predicted octanol–water partition coefficient (Wildman–Crippen LogP) is 2.64. The number of ether oxygens (including phenoxy) is 2. The Kier molecular flexibility index (Phi) is 4.37. The van der Waals surface area contributed by atoms with Crippen LogP contribution >= 0.6 is 0 Å². The molecule has 0 atom stereocenters. The van der Waals surface area contributed by atoms with E-state index in [1.807, 2.05) is 0 Å². The van der Waals surface area contributed by atoms with Gasteiger partial charge in [0.1, 0.15) is 0 Å². The molecule has 0 aliphatic carbocycles. The van der Waals surface area contributed by atoms with E-state index in [1.54, 1.807) is 13.2 Å². The average Bonchev–Trinajstić information content (AvgIpc) is 2.40. The van der Waals surface area contributed by atoms with Crippen molar-refractivity contribution >= 4 is 11.7 Å². The fourth-order valence-electron chi connectivity index (χ4n) is 2.66. The molecule has 0 saturated carbocycles. The first-order chi connectivity index (χ1) is 9.60. The zero-order valence-corrected chi connectivity index (χ0v) is 12.2. The van der Waals surface area contributed by atoms with E-state index in [9.17, 15) is 9.90 Å². The summed E-state index contributed by atoms with van der Waals surface area (Å²) in [6, 6.07) is 3.29. The van der Waals surface area contributed by atoms with Crippen molar-refractivity contribution in [1.82, 2.24) is 0 Å². The average molecular weight is 279 g/mol. The molecule has 0 amide bonds. The zero-order chi connectivity index (χ0) is 14.7. The first kappa shape index (κ1) is 14.5. The molecule has 1 aromatic rings. The van der Waals surface area contributed by atoms with Gasteiger partial charge in [-0.25, -0.2) is 4.79 Å². The first-order valence-electron chi connectivity index (χ1n) is 6.85. The number of carboxylic acid groups (broad SMARTS) is 1. The van der Waals surface area contributed by atoms with Crippen molar-refractivity contribution in [2.45, 2.75) is 19.8 Å². The Balaban J connectivity index is 2.29. The van der Waals surface area contributed by atoms with Crippen molar-refractivity contribution in [2.24, 2.45) is 5.92 Å². The minimum atomic E-state index is -0.945. The lowest BCUT2D eigenvalue weighted by molar-refractivity contribution is 0.0696. The largest absolute Gasteiger partial charge is 0.493 e. The van der Waals surface area contributed by atoms with E-state index in [4.69, 9.17) is 9.47 Å². The van der Waals surface area contributed by atoms with Gasteiger partial charge in [0.2, 0.25) is 0 Å². The number of rotatable bonds is 6. The summed E-state index contributed by atoms with van der Waals surface area (Å²) in [6.07, 6.45) is 2.35. The molecular formula is C15H21NO4. The van der Waals surface area contributed by atoms with Gasteiger partial charge in [-0.05, 0) is 12.3 Å². The summed E-state index contributed by atoms with van der Waals surface area (Å²) >= 11 is 0. The van der Waals surface area contributed by atoms with Gasteiger partial charge in [0.25, 0.3) is 0 Å². The molecule has 0 radical (unpaired) electrons. The lowest BCUT2D eigenvalue weighted by Crippen LogP contribution is -2.47. The number of nitrogens with zero attached hydrogens (tertiary/aromatic N) is 1. The van der Waals surface area contributed by atoms with Gasteiger partial charge in [-0.15, -0.1) is 0 Å². The van der Waals surface area contributed by atoms with Crippen molar-refractivity contribution in [3.63, 3.8) is 0 Å². The summed E-state index contributed by atoms with van der Waals surface area (Å²) in [5.41, 5.74) is 0.972. The van der Waals surface area contributed by atoms with Crippen LogP contribution in [0.15, 0.2) is 12.1 Å². The van der Waals surface area contributed by atoms with Crippen LogP contribution in [0, 0.1) is 5.92 Å². The SMILES string of the molecule is CCCC1CN(c2cc(OC)c(OC)cc2C(=O)O)C1. The maximum absolute atomic E-state index is 11.4. The van der Waals surface area contributed by atoms with Gasteiger partial charge in [0.05, 0.1) is 25.5 Å². The summed E-state index contributed by atoms with van der Waals surface area (Å²) in [6.45, 7) is 3.98. The van der Waals surface area contributed by atoms with Crippen molar-refractivity contribution < 1.29 is 19.4 Å². The van der Waals surface area contributed by atoms with Crippen molar-refractivity contribution in [1.29, 1.82) is 0 Å². The fraction of sp³-hybridized carbons (Fsp3) is 0.533. The Labute approximate surface area is 119 Å². The van der Waals surface area contributed by atoms with Crippen LogP contribution in [0.1, 0.15) is 30.1 Å². The highest BCUT2D eigenvalue weighted by Crippen LogP contribution is 2.38. The molecule has 0 bridgehead atoms. The molecule has 1 aliphatic rings. The number of methoxy groups -OCH3 is 2. The molecule has 1 saturated heterocycles. The number of hydrogen-bond donors (Lipinski definition) is 1. The molecule has 0 spiro atoms. The minimum Gasteiger partial charge on any atom is -0.493 e. The predicted molar refractivity (Wildman–Crippen MR) is 77.1 cm³/mol. The van der Waals surface area contributed by atoms with Gasteiger partial charge in [-0.1, -0.05) is 13.3 Å². The standard InChI is InChI=1S/C15H21NO4/c1-4-5-10-8-16(9-10)12-7-14(20-3)13(19-2)6-11(12)15(17)18/h6-7,10H,4-5,8-9H2,1-3H3,(H,17,18). The van der Waals surface area contributed by atoms with E-state index in [-0.39, 0.29) is 5.56 Å². The summed E-state index contributed by atoms with van der Waals surface area (Å²) in [5, 5.41) is 9.36. The van der Waals surface area contributed by atoms with Crippen LogP contribution in [0.25, 0.3) is 0 Å². The third-order valence-corrected chi connectivity index (χ3v) is 3.73. The third kappa shape index (κ3) is 2.66. The number of hydrogen-bond acceptors (Lipinski definition) is 4. The van der Waals surface area contributed by atoms with E-state index < -0.39 is 5.97 Å². The number of benzene rings is 1. The Morgan fingerprint density at radius 2 is 1.90 bits per heavy atom. The lowest BCUT2D eigenvalue weighted by Gasteiger charge is -2.42. The van der Waals surface area contributed by atoms with Crippen LogP contribution in [0.5, 0.6) is 11.5 Å². The number of anilines is 1. The molecular weight excluding hydrogens is 258 g/mol. The van der Waals surface area contributed by atoms with Crippen molar-refractivity contribution in [3.8, 4) is 11.5 Å². The molecule has 5 nitrogen and oxygen atoms in total. The van der Waals surface area contributed by atoms with E-state index >= 15 is 0 Å². The molecule has 1 N–H and O–H groups in total. The Bertz CT molecular complexity index is 495. The number of aromatic carboxylic acids is 1. The third-order valence-electron chi connectivity index (χ3n) is 3.73. The van der Waals surface area contributed by atoms with Crippen LogP contribution in [-0.4, -0.2) is 38.4 Å². The maximum atomic E-state index is 11.4. The van der Waals surface area contributed by atoms with Crippen molar-refractivity contribution in [3.05, 3.63) is 17.7 Å². The van der Waals surface area contributed by atoms with E-state index in [0.29, 0.717) is 23.1 Å². The van der Waals surface area contributed by atoms with Crippen molar-refractivity contribution in [2.75, 3.05) is 32.2 Å². The summed E-state index contributed by atoms with van der Waals surface area (Å²) in [5.74, 6) is 0.723. The Hall–Kier alpha value is -1.91. The number of carbonyl (C=O) groups is 1. The van der Waals surface area contributed by atoms with Crippen LogP contribution in [0.3, 0.4) is 0 Å². The van der Waals surface area contributed by atoms with Gasteiger partial charge < -0.3 is 19.5 Å². The normalized spacial score (nSPS) is 14.8. The number of carboxylic acids is 1. The molecule has 1 aliphatic heterocycles. The second-order valence-corrected chi connectivity index (χ2v) is 5.09. The van der Waals surface area contributed by atoms with Crippen LogP contribution in [-0.2, 0) is 0 Å². The van der Waals surface area contributed by atoms with E-state index in [1.165, 1.54) is 19.6 Å². The molecule has 1 aromatic carbocycles. The highest BCUT2D eigenvalue weighted by atomic mass is 16.5. The van der Waals surface area contributed by atoms with Crippen LogP contribution < -0.4 is 14.4 Å². The van der Waals surface area contributed by atoms with Gasteiger partial charge >= 0.3 is 5.97 Å². The Morgan fingerprint density at radius 1 is 1.30 bits per heavy atom. The summed E-state index contributed by atoms with van der Waals surface area (Å²) < 4.78 is 10.4. The molecule has 1 heterocycles. The molecule has 2 rings (SSSR count). The van der Waals surface area contributed by atoms with Gasteiger partial charge in [-0.3, -0.25) is 0 Å². The minimum absolute atomic E-state index is 0.262. The first-order valence-corrected chi connectivity index (χ1v) is 6.85. The monoisotopic (exact) mass is 279 g/mol. The Morgan fingerprint density at radius 3 is 2.40 bits per heavy atom. The lowest BCUT2D eigenvalue weighted by atomic mass is 9.93. The molecule has 0 unspecified atom stereocenters. The quantitative estimate of drug-likeness (QED) is 0.867. The van der Waals surface area contributed by atoms with E-state index in [0.717, 1.165) is 19.5 Å². The molecule has 1 fully saturated rings. The molecule has 110 valence electrons. The fourth-order valence-corrected chi connectivity index (χ4v) is 2.66. The molecule has 0 aromatic heterocycles. The second-order valence-electron chi connectivity index (χ2n) is 5.09. The van der Waals surface area contributed by atoms with E-state index in [2.05, 4.69) is 11.8 Å². The van der Waals surface area contributed by atoms with Gasteiger partial charge in [0.15, 0.2) is 11.5 Å². The smallest absolute Gasteiger partial charge is 0.337 e. The van der Waals surface area contributed by atoms with Crippen LogP contribution in [0.4, 0.5) is 5.69 Å².